The van der Waals surface area contributed by atoms with Crippen molar-refractivity contribution in [2.45, 2.75) is 26.9 Å². The average Bonchev–Trinajstić information content (AvgIpc) is 3.08. The van der Waals surface area contributed by atoms with Crippen LogP contribution in [-0.4, -0.2) is 40.2 Å². The van der Waals surface area contributed by atoms with Crippen molar-refractivity contribution >= 4 is 29.2 Å². The van der Waals surface area contributed by atoms with Gasteiger partial charge in [0.1, 0.15) is 0 Å². The highest BCUT2D eigenvalue weighted by Crippen LogP contribution is 2.23. The van der Waals surface area contributed by atoms with Crippen LogP contribution in [-0.2, 0) is 13.1 Å². The summed E-state index contributed by atoms with van der Waals surface area (Å²) < 4.78 is 1.81. The first kappa shape index (κ1) is 18.8. The second-order valence-corrected chi connectivity index (χ2v) is 5.83. The number of nitrogens with zero attached hydrogens (tertiary/aromatic N) is 3. The molecule has 2 aromatic rings. The van der Waals surface area contributed by atoms with Gasteiger partial charge in [0.05, 0.1) is 23.5 Å². The number of carbonyl (C=O) groups excluding carboxylic acids is 2. The number of amides is 3. The first-order valence-electron chi connectivity index (χ1n) is 8.07. The van der Waals surface area contributed by atoms with Gasteiger partial charge in [-0.3, -0.25) is 9.48 Å². The molecule has 0 atom stereocenters. The highest BCUT2D eigenvalue weighted by molar-refractivity contribution is 6.33. The van der Waals surface area contributed by atoms with Crippen molar-refractivity contribution < 1.29 is 9.59 Å². The zero-order valence-electron chi connectivity index (χ0n) is 14.5. The SMILES string of the molecule is CCN(Cc1cnn(CC)c1)C(=O)Nc1cc(C(=O)NC)ccc1Cl. The fourth-order valence-electron chi connectivity index (χ4n) is 2.31. The van der Waals surface area contributed by atoms with Crippen LogP contribution in [0.3, 0.4) is 0 Å². The van der Waals surface area contributed by atoms with Gasteiger partial charge in [-0.2, -0.15) is 5.10 Å². The monoisotopic (exact) mass is 363 g/mol. The molecule has 1 aromatic heterocycles. The van der Waals surface area contributed by atoms with Gasteiger partial charge >= 0.3 is 6.03 Å². The second-order valence-electron chi connectivity index (χ2n) is 5.42. The molecule has 8 heteroatoms. The summed E-state index contributed by atoms with van der Waals surface area (Å²) in [4.78, 5) is 25.9. The van der Waals surface area contributed by atoms with Gasteiger partial charge in [-0.05, 0) is 32.0 Å². The topological polar surface area (TPSA) is 79.3 Å². The zero-order chi connectivity index (χ0) is 18.4. The summed E-state index contributed by atoms with van der Waals surface area (Å²) >= 11 is 6.14. The molecule has 0 spiro atoms. The summed E-state index contributed by atoms with van der Waals surface area (Å²) in [6.45, 7) is 5.64. The molecule has 134 valence electrons. The van der Waals surface area contributed by atoms with Gasteiger partial charge in [0.25, 0.3) is 5.91 Å². The van der Waals surface area contributed by atoms with Crippen molar-refractivity contribution in [2.75, 3.05) is 18.9 Å². The van der Waals surface area contributed by atoms with Crippen molar-refractivity contribution in [1.29, 1.82) is 0 Å². The molecule has 25 heavy (non-hydrogen) atoms. The van der Waals surface area contributed by atoms with E-state index >= 15 is 0 Å². The van der Waals surface area contributed by atoms with Crippen LogP contribution in [0, 0.1) is 0 Å². The van der Waals surface area contributed by atoms with Crippen LogP contribution in [0.5, 0.6) is 0 Å². The van der Waals surface area contributed by atoms with Gasteiger partial charge in [0.15, 0.2) is 0 Å². The molecule has 0 unspecified atom stereocenters. The van der Waals surface area contributed by atoms with Crippen molar-refractivity contribution in [3.63, 3.8) is 0 Å². The Morgan fingerprint density at radius 3 is 2.68 bits per heavy atom. The number of nitrogens with one attached hydrogen (secondary N) is 2. The molecule has 0 radical (unpaired) electrons. The van der Waals surface area contributed by atoms with E-state index in [4.69, 9.17) is 11.6 Å². The van der Waals surface area contributed by atoms with E-state index in [-0.39, 0.29) is 11.9 Å². The van der Waals surface area contributed by atoms with Gasteiger partial charge < -0.3 is 15.5 Å². The summed E-state index contributed by atoms with van der Waals surface area (Å²) in [5, 5.41) is 9.89. The Hall–Kier alpha value is -2.54. The molecule has 2 rings (SSSR count). The van der Waals surface area contributed by atoms with Gasteiger partial charge in [-0.1, -0.05) is 11.6 Å². The van der Waals surface area contributed by atoms with Crippen molar-refractivity contribution in [3.05, 3.63) is 46.7 Å². The average molecular weight is 364 g/mol. The molecule has 0 fully saturated rings. The molecule has 3 amide bonds. The first-order chi connectivity index (χ1) is 12.0. The van der Waals surface area contributed by atoms with Gasteiger partial charge in [-0.15, -0.1) is 0 Å². The standard InChI is InChI=1S/C17H22ClN5O2/c1-4-22(10-12-9-20-23(5-2)11-12)17(25)21-15-8-13(16(24)19-3)6-7-14(15)18/h6-9,11H,4-5,10H2,1-3H3,(H,19,24)(H,21,25). The predicted molar refractivity (Wildman–Crippen MR) is 97.8 cm³/mol. The van der Waals surface area contributed by atoms with Crippen molar-refractivity contribution in [1.82, 2.24) is 20.0 Å². The van der Waals surface area contributed by atoms with E-state index in [1.165, 1.54) is 0 Å². The molecular formula is C17H22ClN5O2. The number of rotatable bonds is 6. The number of hydrogen-bond acceptors (Lipinski definition) is 3. The number of halogens is 1. The molecule has 2 N–H and O–H groups in total. The van der Waals surface area contributed by atoms with Gasteiger partial charge in [0, 0.05) is 37.5 Å². The number of carbonyl (C=O) groups is 2. The maximum Gasteiger partial charge on any atom is 0.322 e. The maximum atomic E-state index is 12.6. The van der Waals surface area contributed by atoms with E-state index in [0.717, 1.165) is 12.1 Å². The lowest BCUT2D eigenvalue weighted by molar-refractivity contribution is 0.0963. The van der Waals surface area contributed by atoms with Gasteiger partial charge in [0.2, 0.25) is 0 Å². The summed E-state index contributed by atoms with van der Waals surface area (Å²) in [5.41, 5.74) is 1.77. The van der Waals surface area contributed by atoms with E-state index in [2.05, 4.69) is 15.7 Å². The molecular weight excluding hydrogens is 342 g/mol. The number of benzene rings is 1. The predicted octanol–water partition coefficient (Wildman–Crippen LogP) is 2.97. The Morgan fingerprint density at radius 1 is 1.32 bits per heavy atom. The van der Waals surface area contributed by atoms with E-state index in [0.29, 0.717) is 29.4 Å². The normalized spacial score (nSPS) is 10.4. The van der Waals surface area contributed by atoms with E-state index in [1.807, 2.05) is 24.7 Å². The molecule has 0 aliphatic heterocycles. The van der Waals surface area contributed by atoms with Crippen LogP contribution in [0.25, 0.3) is 0 Å². The number of anilines is 1. The summed E-state index contributed by atoms with van der Waals surface area (Å²) in [5.74, 6) is -0.244. The lowest BCUT2D eigenvalue weighted by atomic mass is 10.2. The minimum atomic E-state index is -0.289. The Bertz CT molecular complexity index is 759. The third-order valence-electron chi connectivity index (χ3n) is 3.75. The summed E-state index contributed by atoms with van der Waals surface area (Å²) in [6, 6.07) is 4.46. The van der Waals surface area contributed by atoms with Crippen molar-refractivity contribution in [2.24, 2.45) is 0 Å². The molecule has 0 bridgehead atoms. The van der Waals surface area contributed by atoms with E-state index in [9.17, 15) is 9.59 Å². The van der Waals surface area contributed by atoms with E-state index < -0.39 is 0 Å². The van der Waals surface area contributed by atoms with Crippen LogP contribution in [0.4, 0.5) is 10.5 Å². The highest BCUT2D eigenvalue weighted by atomic mass is 35.5. The number of aryl methyl sites for hydroxylation is 1. The minimum absolute atomic E-state index is 0.244. The van der Waals surface area contributed by atoms with Crippen LogP contribution in [0.15, 0.2) is 30.6 Å². The summed E-state index contributed by atoms with van der Waals surface area (Å²) in [7, 11) is 1.55. The zero-order valence-corrected chi connectivity index (χ0v) is 15.3. The summed E-state index contributed by atoms with van der Waals surface area (Å²) in [6.07, 6.45) is 3.66. The Kier molecular flexibility index (Phi) is 6.41. The maximum absolute atomic E-state index is 12.6. The third-order valence-corrected chi connectivity index (χ3v) is 4.08. The number of aromatic nitrogens is 2. The minimum Gasteiger partial charge on any atom is -0.355 e. The number of hydrogen-bond donors (Lipinski definition) is 2. The Balaban J connectivity index is 2.12. The largest absolute Gasteiger partial charge is 0.355 e. The lowest BCUT2D eigenvalue weighted by Crippen LogP contribution is -2.34. The smallest absolute Gasteiger partial charge is 0.322 e. The molecule has 1 heterocycles. The Labute approximate surface area is 152 Å². The fourth-order valence-corrected chi connectivity index (χ4v) is 2.47. The van der Waals surface area contributed by atoms with Gasteiger partial charge in [-0.25, -0.2) is 4.79 Å². The highest BCUT2D eigenvalue weighted by Gasteiger charge is 2.16. The number of urea groups is 1. The molecule has 0 saturated carbocycles. The van der Waals surface area contributed by atoms with Crippen LogP contribution >= 0.6 is 11.6 Å². The molecule has 0 aliphatic carbocycles. The van der Waals surface area contributed by atoms with Crippen LogP contribution in [0.2, 0.25) is 5.02 Å². The molecule has 0 saturated heterocycles. The fraction of sp³-hybridized carbons (Fsp3) is 0.353. The molecule has 0 aliphatic rings. The third kappa shape index (κ3) is 4.73. The Morgan fingerprint density at radius 2 is 2.08 bits per heavy atom. The van der Waals surface area contributed by atoms with E-state index in [1.54, 1.807) is 36.3 Å². The second kappa shape index (κ2) is 8.53. The van der Waals surface area contributed by atoms with Crippen molar-refractivity contribution in [3.8, 4) is 0 Å². The van der Waals surface area contributed by atoms with Crippen LogP contribution in [0.1, 0.15) is 29.8 Å². The first-order valence-corrected chi connectivity index (χ1v) is 8.45. The molecule has 7 nitrogen and oxygen atoms in total. The van der Waals surface area contributed by atoms with Crippen LogP contribution < -0.4 is 10.6 Å². The lowest BCUT2D eigenvalue weighted by Gasteiger charge is -2.21. The molecule has 1 aromatic carbocycles. The quantitative estimate of drug-likeness (QED) is 0.828.